The molecule has 3 aromatic rings. The molecule has 138 valence electrons. The van der Waals surface area contributed by atoms with Crippen molar-refractivity contribution in [3.05, 3.63) is 63.3 Å². The van der Waals surface area contributed by atoms with Gasteiger partial charge >= 0.3 is 0 Å². The predicted molar refractivity (Wildman–Crippen MR) is 109 cm³/mol. The van der Waals surface area contributed by atoms with Crippen molar-refractivity contribution < 1.29 is 4.79 Å². The van der Waals surface area contributed by atoms with Gasteiger partial charge in [-0.2, -0.15) is 0 Å². The Kier molecular flexibility index (Phi) is 4.53. The van der Waals surface area contributed by atoms with Crippen molar-refractivity contribution in [1.29, 1.82) is 0 Å². The Balaban J connectivity index is 1.85. The number of primary amides is 1. The van der Waals surface area contributed by atoms with Crippen LogP contribution in [-0.2, 0) is 19.4 Å². The number of allylic oxidation sites excluding steroid dienone is 1. The Morgan fingerprint density at radius 3 is 2.96 bits per heavy atom. The summed E-state index contributed by atoms with van der Waals surface area (Å²) < 4.78 is 1.59. The van der Waals surface area contributed by atoms with E-state index in [0.717, 1.165) is 35.9 Å². The van der Waals surface area contributed by atoms with E-state index >= 15 is 0 Å². The largest absolute Gasteiger partial charge is 0.366 e. The molecule has 1 amide bonds. The summed E-state index contributed by atoms with van der Waals surface area (Å²) >= 11 is 1.61. The molecule has 2 heterocycles. The number of carbonyl (C=O) groups excluding carboxylic acids is 1. The molecule has 4 rings (SSSR count). The fourth-order valence-corrected chi connectivity index (χ4v) is 4.76. The van der Waals surface area contributed by atoms with E-state index in [1.165, 1.54) is 10.4 Å². The number of nitrogens with one attached hydrogen (secondary N) is 1. The first kappa shape index (κ1) is 17.5. The summed E-state index contributed by atoms with van der Waals surface area (Å²) in [7, 11) is 0. The molecule has 6 nitrogen and oxygen atoms in total. The molecule has 0 fully saturated rings. The Morgan fingerprint density at radius 1 is 1.37 bits per heavy atom. The maximum absolute atomic E-state index is 13.2. The quantitative estimate of drug-likeness (QED) is 0.664. The molecule has 1 aliphatic carbocycles. The smallest absolute Gasteiger partial charge is 0.264 e. The van der Waals surface area contributed by atoms with Gasteiger partial charge in [-0.1, -0.05) is 12.1 Å². The van der Waals surface area contributed by atoms with Crippen LogP contribution in [-0.4, -0.2) is 15.5 Å². The number of rotatable bonds is 5. The van der Waals surface area contributed by atoms with Crippen molar-refractivity contribution in [2.75, 3.05) is 5.32 Å². The molecule has 0 aliphatic heterocycles. The summed E-state index contributed by atoms with van der Waals surface area (Å²) in [6, 6.07) is 6.84. The van der Waals surface area contributed by atoms with Gasteiger partial charge in [0.15, 0.2) is 0 Å². The number of aryl methyl sites for hydroxylation is 2. The number of anilines is 2. The van der Waals surface area contributed by atoms with Crippen molar-refractivity contribution in [2.24, 2.45) is 5.73 Å². The zero-order valence-corrected chi connectivity index (χ0v) is 15.6. The van der Waals surface area contributed by atoms with Gasteiger partial charge in [0.25, 0.3) is 5.56 Å². The van der Waals surface area contributed by atoms with Gasteiger partial charge in [-0.05, 0) is 49.4 Å². The second-order valence-corrected chi connectivity index (χ2v) is 7.68. The number of hydrogen-bond donors (Lipinski definition) is 2. The lowest BCUT2D eigenvalue weighted by Gasteiger charge is -2.14. The highest BCUT2D eigenvalue weighted by Gasteiger charge is 2.22. The number of nitrogens with two attached hydrogens (primary N) is 1. The van der Waals surface area contributed by atoms with Gasteiger partial charge in [-0.3, -0.25) is 14.2 Å². The third-order valence-electron chi connectivity index (χ3n) is 4.79. The number of aromatic nitrogens is 2. The molecule has 0 saturated carbocycles. The standard InChI is InChI=1S/C20H20N4O2S/c1-2-10-24-19(26)16-14-8-3-4-9-15(14)27-18(16)23-20(24)22-13-7-5-6-12(11-13)17(21)25/h2,5-7,11H,1,3-4,8-10H2,(H2,21,25)(H,22,23). The molecule has 1 aromatic carbocycles. The van der Waals surface area contributed by atoms with Crippen LogP contribution in [0.2, 0.25) is 0 Å². The SMILES string of the molecule is C=CCn1c(Nc2cccc(C(N)=O)c2)nc2sc3c(c2c1=O)CCCC3. The first-order valence-corrected chi connectivity index (χ1v) is 9.73. The van der Waals surface area contributed by atoms with Crippen LogP contribution in [0.1, 0.15) is 33.6 Å². The van der Waals surface area contributed by atoms with Crippen molar-refractivity contribution in [2.45, 2.75) is 32.2 Å². The molecular weight excluding hydrogens is 360 g/mol. The molecular formula is C20H20N4O2S. The fourth-order valence-electron chi connectivity index (χ4n) is 3.51. The molecule has 0 saturated heterocycles. The van der Waals surface area contributed by atoms with E-state index in [0.29, 0.717) is 23.7 Å². The molecule has 1 aliphatic rings. The first-order chi connectivity index (χ1) is 13.1. The lowest BCUT2D eigenvalue weighted by molar-refractivity contribution is 0.100. The number of benzene rings is 1. The zero-order valence-electron chi connectivity index (χ0n) is 14.8. The molecule has 0 atom stereocenters. The Hall–Kier alpha value is -2.93. The molecule has 3 N–H and O–H groups in total. The highest BCUT2D eigenvalue weighted by molar-refractivity contribution is 7.18. The van der Waals surface area contributed by atoms with Gasteiger partial charge in [0.05, 0.1) is 5.39 Å². The number of hydrogen-bond acceptors (Lipinski definition) is 5. The maximum atomic E-state index is 13.2. The van der Waals surface area contributed by atoms with Crippen LogP contribution < -0.4 is 16.6 Å². The normalized spacial score (nSPS) is 13.3. The van der Waals surface area contributed by atoms with E-state index < -0.39 is 5.91 Å². The topological polar surface area (TPSA) is 90.0 Å². The Labute approximate surface area is 160 Å². The van der Waals surface area contributed by atoms with Gasteiger partial charge in [0.1, 0.15) is 4.83 Å². The third kappa shape index (κ3) is 3.14. The van der Waals surface area contributed by atoms with E-state index in [-0.39, 0.29) is 5.56 Å². The van der Waals surface area contributed by atoms with Crippen LogP contribution in [0.4, 0.5) is 11.6 Å². The molecule has 0 bridgehead atoms. The van der Waals surface area contributed by atoms with E-state index in [1.54, 1.807) is 46.2 Å². The van der Waals surface area contributed by atoms with Crippen LogP contribution in [0, 0.1) is 0 Å². The highest BCUT2D eigenvalue weighted by atomic mass is 32.1. The van der Waals surface area contributed by atoms with Crippen LogP contribution in [0.3, 0.4) is 0 Å². The molecule has 27 heavy (non-hydrogen) atoms. The van der Waals surface area contributed by atoms with Crippen molar-refractivity contribution in [1.82, 2.24) is 9.55 Å². The Morgan fingerprint density at radius 2 is 2.19 bits per heavy atom. The second-order valence-electron chi connectivity index (χ2n) is 6.60. The number of amides is 1. The molecule has 0 unspecified atom stereocenters. The van der Waals surface area contributed by atoms with Gasteiger partial charge in [-0.15, -0.1) is 17.9 Å². The average Bonchev–Trinajstić information content (AvgIpc) is 3.03. The maximum Gasteiger partial charge on any atom is 0.264 e. The van der Waals surface area contributed by atoms with E-state index in [9.17, 15) is 9.59 Å². The number of thiophene rings is 1. The van der Waals surface area contributed by atoms with Crippen LogP contribution in [0.5, 0.6) is 0 Å². The van der Waals surface area contributed by atoms with Crippen LogP contribution >= 0.6 is 11.3 Å². The monoisotopic (exact) mass is 380 g/mol. The van der Waals surface area contributed by atoms with Gasteiger partial charge in [-0.25, -0.2) is 4.98 Å². The lowest BCUT2D eigenvalue weighted by Crippen LogP contribution is -2.24. The minimum absolute atomic E-state index is 0.0483. The van der Waals surface area contributed by atoms with Crippen molar-refractivity contribution >= 4 is 39.1 Å². The van der Waals surface area contributed by atoms with Crippen molar-refractivity contribution in [3.63, 3.8) is 0 Å². The van der Waals surface area contributed by atoms with E-state index in [2.05, 4.69) is 11.9 Å². The molecule has 2 aromatic heterocycles. The summed E-state index contributed by atoms with van der Waals surface area (Å²) in [5, 5.41) is 3.91. The van der Waals surface area contributed by atoms with Crippen LogP contribution in [0.25, 0.3) is 10.2 Å². The zero-order chi connectivity index (χ0) is 19.0. The van der Waals surface area contributed by atoms with Crippen molar-refractivity contribution in [3.8, 4) is 0 Å². The van der Waals surface area contributed by atoms with Gasteiger partial charge in [0, 0.05) is 22.7 Å². The first-order valence-electron chi connectivity index (χ1n) is 8.91. The Bertz CT molecular complexity index is 1110. The minimum atomic E-state index is -0.503. The summed E-state index contributed by atoms with van der Waals surface area (Å²) in [5.74, 6) is -0.0657. The highest BCUT2D eigenvalue weighted by Crippen LogP contribution is 2.34. The van der Waals surface area contributed by atoms with Gasteiger partial charge in [0.2, 0.25) is 11.9 Å². The lowest BCUT2D eigenvalue weighted by atomic mass is 9.97. The summed E-state index contributed by atoms with van der Waals surface area (Å²) in [5.41, 5.74) is 7.52. The number of fused-ring (bicyclic) bond motifs is 3. The van der Waals surface area contributed by atoms with E-state index in [1.807, 2.05) is 0 Å². The summed E-state index contributed by atoms with van der Waals surface area (Å²) in [6.45, 7) is 4.12. The molecule has 7 heteroatoms. The van der Waals surface area contributed by atoms with Crippen LogP contribution in [0.15, 0.2) is 41.7 Å². The second kappa shape index (κ2) is 7.00. The third-order valence-corrected chi connectivity index (χ3v) is 5.98. The molecule has 0 radical (unpaired) electrons. The average molecular weight is 380 g/mol. The number of nitrogens with zero attached hydrogens (tertiary/aromatic N) is 2. The number of carbonyl (C=O) groups is 1. The summed E-state index contributed by atoms with van der Waals surface area (Å²) in [4.78, 5) is 31.4. The minimum Gasteiger partial charge on any atom is -0.366 e. The molecule has 0 spiro atoms. The van der Waals surface area contributed by atoms with E-state index in [4.69, 9.17) is 10.7 Å². The van der Waals surface area contributed by atoms with Gasteiger partial charge < -0.3 is 11.1 Å². The predicted octanol–water partition coefficient (Wildman–Crippen LogP) is 3.37. The fraction of sp³-hybridized carbons (Fsp3) is 0.250. The summed E-state index contributed by atoms with van der Waals surface area (Å²) in [6.07, 6.45) is 5.90.